The lowest BCUT2D eigenvalue weighted by atomic mass is 10.0. The third-order valence-corrected chi connectivity index (χ3v) is 5.85. The van der Waals surface area contributed by atoms with Gasteiger partial charge in [0, 0.05) is 25.5 Å². The van der Waals surface area contributed by atoms with Gasteiger partial charge in [-0.3, -0.25) is 0 Å². The molecule has 2 nitrogen and oxygen atoms in total. The topological polar surface area (TPSA) is 6.48 Å². The molecule has 27 heavy (non-hydrogen) atoms. The van der Waals surface area contributed by atoms with E-state index < -0.39 is 0 Å². The molecule has 2 heteroatoms. The quantitative estimate of drug-likeness (QED) is 0.298. The highest BCUT2D eigenvalue weighted by Crippen LogP contribution is 2.23. The molecule has 0 radical (unpaired) electrons. The molecule has 0 N–H and O–H groups in total. The van der Waals surface area contributed by atoms with E-state index in [-0.39, 0.29) is 0 Å². The molecule has 0 spiro atoms. The van der Waals surface area contributed by atoms with Crippen molar-refractivity contribution in [2.24, 2.45) is 0 Å². The fourth-order valence-corrected chi connectivity index (χ4v) is 4.15. The van der Waals surface area contributed by atoms with Crippen LogP contribution in [-0.2, 0) is 6.54 Å². The van der Waals surface area contributed by atoms with Crippen molar-refractivity contribution in [3.63, 3.8) is 0 Å². The van der Waals surface area contributed by atoms with Crippen LogP contribution in [0.3, 0.4) is 0 Å². The highest BCUT2D eigenvalue weighted by Gasteiger charge is 2.24. The molecule has 1 heterocycles. The first-order chi connectivity index (χ1) is 13.3. The van der Waals surface area contributed by atoms with Gasteiger partial charge in [0.2, 0.25) is 0 Å². The van der Waals surface area contributed by atoms with Gasteiger partial charge in [-0.15, -0.1) is 0 Å². The van der Waals surface area contributed by atoms with Crippen molar-refractivity contribution in [1.29, 1.82) is 0 Å². The molecule has 2 rings (SSSR count). The van der Waals surface area contributed by atoms with E-state index in [1.165, 1.54) is 82.6 Å². The van der Waals surface area contributed by atoms with Crippen molar-refractivity contribution in [2.75, 3.05) is 6.54 Å². The van der Waals surface area contributed by atoms with Crippen LogP contribution >= 0.6 is 0 Å². The summed E-state index contributed by atoms with van der Waals surface area (Å²) in [5, 5.41) is 0. The Bertz CT molecular complexity index is 496. The first kappa shape index (κ1) is 21.9. The van der Waals surface area contributed by atoms with E-state index in [9.17, 15) is 0 Å². The zero-order valence-electron chi connectivity index (χ0n) is 17.9. The second-order valence-corrected chi connectivity index (χ2v) is 8.09. The smallest absolute Gasteiger partial charge is 0.101 e. The van der Waals surface area contributed by atoms with Gasteiger partial charge in [0.25, 0.3) is 0 Å². The summed E-state index contributed by atoms with van der Waals surface area (Å²) in [4.78, 5) is 5.02. The molecule has 1 aromatic rings. The summed E-state index contributed by atoms with van der Waals surface area (Å²) in [6.07, 6.45) is 22.0. The van der Waals surface area contributed by atoms with Crippen LogP contribution in [0.15, 0.2) is 42.7 Å². The molecule has 0 fully saturated rings. The Hall–Kier alpha value is -1.44. The van der Waals surface area contributed by atoms with Gasteiger partial charge in [0.1, 0.15) is 6.17 Å². The number of nitrogens with zero attached hydrogens (tertiary/aromatic N) is 2. The van der Waals surface area contributed by atoms with Gasteiger partial charge in [-0.05, 0) is 25.3 Å². The van der Waals surface area contributed by atoms with Crippen molar-refractivity contribution in [2.45, 2.75) is 104 Å². The summed E-state index contributed by atoms with van der Waals surface area (Å²) in [5.74, 6) is 0. The number of rotatable bonds is 15. The molecule has 1 atom stereocenters. The lowest BCUT2D eigenvalue weighted by Gasteiger charge is -2.32. The molecule has 0 saturated heterocycles. The Morgan fingerprint density at radius 2 is 1.22 bits per heavy atom. The summed E-state index contributed by atoms with van der Waals surface area (Å²) in [7, 11) is 0. The molecule has 1 aliphatic heterocycles. The highest BCUT2D eigenvalue weighted by atomic mass is 15.4. The molecule has 1 aliphatic rings. The minimum Gasteiger partial charge on any atom is -0.356 e. The van der Waals surface area contributed by atoms with Crippen LogP contribution in [0.4, 0.5) is 0 Å². The molecule has 0 saturated carbocycles. The number of hydrogen-bond acceptors (Lipinski definition) is 2. The van der Waals surface area contributed by atoms with E-state index in [0.717, 1.165) is 13.1 Å². The first-order valence-corrected chi connectivity index (χ1v) is 11.6. The maximum absolute atomic E-state index is 2.52. The van der Waals surface area contributed by atoms with Crippen molar-refractivity contribution in [1.82, 2.24) is 9.80 Å². The maximum atomic E-state index is 2.52. The van der Waals surface area contributed by atoms with Crippen LogP contribution in [0.5, 0.6) is 0 Å². The molecular weight excluding hydrogens is 328 g/mol. The third-order valence-electron chi connectivity index (χ3n) is 5.85. The SMILES string of the molecule is CCCCCCCCCCCCCC1N(CC)C=CN1Cc1ccccc1. The summed E-state index contributed by atoms with van der Waals surface area (Å²) < 4.78 is 0. The van der Waals surface area contributed by atoms with Crippen molar-refractivity contribution < 1.29 is 0 Å². The van der Waals surface area contributed by atoms with Crippen molar-refractivity contribution >= 4 is 0 Å². The van der Waals surface area contributed by atoms with Crippen LogP contribution in [0, 0.1) is 0 Å². The monoisotopic (exact) mass is 370 g/mol. The molecule has 0 amide bonds. The zero-order chi connectivity index (χ0) is 19.2. The molecule has 1 unspecified atom stereocenters. The van der Waals surface area contributed by atoms with Crippen LogP contribution < -0.4 is 0 Å². The highest BCUT2D eigenvalue weighted by molar-refractivity contribution is 5.15. The average Bonchev–Trinajstić information content (AvgIpc) is 3.08. The van der Waals surface area contributed by atoms with E-state index in [1.807, 2.05) is 0 Å². The molecule has 152 valence electrons. The largest absolute Gasteiger partial charge is 0.356 e. The lowest BCUT2D eigenvalue weighted by Crippen LogP contribution is -2.38. The number of hydrogen-bond donors (Lipinski definition) is 0. The predicted molar refractivity (Wildman–Crippen MR) is 118 cm³/mol. The predicted octanol–water partition coefficient (Wildman–Crippen LogP) is 7.32. The summed E-state index contributed by atoms with van der Waals surface area (Å²) in [6.45, 7) is 6.69. The van der Waals surface area contributed by atoms with Gasteiger partial charge in [-0.1, -0.05) is 101 Å². The minimum atomic E-state index is 0.550. The van der Waals surface area contributed by atoms with Crippen LogP contribution in [0.2, 0.25) is 0 Å². The summed E-state index contributed by atoms with van der Waals surface area (Å²) in [5.41, 5.74) is 1.41. The lowest BCUT2D eigenvalue weighted by molar-refractivity contribution is 0.139. The maximum Gasteiger partial charge on any atom is 0.101 e. The normalized spacial score (nSPS) is 16.4. The molecular formula is C25H42N2. The van der Waals surface area contributed by atoms with E-state index >= 15 is 0 Å². The van der Waals surface area contributed by atoms with Crippen molar-refractivity contribution in [3.05, 3.63) is 48.3 Å². The zero-order valence-corrected chi connectivity index (χ0v) is 17.9. The van der Waals surface area contributed by atoms with E-state index in [2.05, 4.69) is 66.4 Å². The van der Waals surface area contributed by atoms with Crippen LogP contribution in [0.25, 0.3) is 0 Å². The molecule has 0 bridgehead atoms. The second-order valence-electron chi connectivity index (χ2n) is 8.09. The molecule has 0 aromatic heterocycles. The summed E-state index contributed by atoms with van der Waals surface area (Å²) >= 11 is 0. The Labute approximate surface area is 168 Å². The van der Waals surface area contributed by atoms with E-state index in [4.69, 9.17) is 0 Å². The second kappa shape index (κ2) is 13.7. The van der Waals surface area contributed by atoms with Gasteiger partial charge < -0.3 is 9.80 Å². The van der Waals surface area contributed by atoms with Gasteiger partial charge >= 0.3 is 0 Å². The Morgan fingerprint density at radius 3 is 1.81 bits per heavy atom. The fourth-order valence-electron chi connectivity index (χ4n) is 4.15. The Balaban J connectivity index is 1.57. The fraction of sp³-hybridized carbons (Fsp3) is 0.680. The average molecular weight is 371 g/mol. The van der Waals surface area contributed by atoms with Crippen LogP contribution in [-0.4, -0.2) is 22.5 Å². The van der Waals surface area contributed by atoms with Gasteiger partial charge in [0.15, 0.2) is 0 Å². The van der Waals surface area contributed by atoms with E-state index in [1.54, 1.807) is 0 Å². The van der Waals surface area contributed by atoms with Crippen LogP contribution in [0.1, 0.15) is 96.5 Å². The Kier molecular flexibility index (Phi) is 11.1. The summed E-state index contributed by atoms with van der Waals surface area (Å²) in [6, 6.07) is 10.9. The number of benzene rings is 1. The van der Waals surface area contributed by atoms with E-state index in [0.29, 0.717) is 6.17 Å². The first-order valence-electron chi connectivity index (χ1n) is 11.6. The third kappa shape index (κ3) is 8.41. The standard InChI is InChI=1S/C25H42N2/c1-3-5-6-7-8-9-10-11-12-13-17-20-25-26(4-2)21-22-27(25)23-24-18-15-14-16-19-24/h14-16,18-19,21-22,25H,3-13,17,20,23H2,1-2H3. The number of unbranched alkanes of at least 4 members (excludes halogenated alkanes) is 10. The molecule has 0 aliphatic carbocycles. The molecule has 1 aromatic carbocycles. The minimum absolute atomic E-state index is 0.550. The van der Waals surface area contributed by atoms with Gasteiger partial charge in [0.05, 0.1) is 0 Å². The van der Waals surface area contributed by atoms with Gasteiger partial charge in [-0.2, -0.15) is 0 Å². The van der Waals surface area contributed by atoms with Crippen molar-refractivity contribution in [3.8, 4) is 0 Å². The van der Waals surface area contributed by atoms with Gasteiger partial charge in [-0.25, -0.2) is 0 Å². The Morgan fingerprint density at radius 1 is 0.667 bits per heavy atom.